The number of hydrogen-bond donors (Lipinski definition) is 2. The first kappa shape index (κ1) is 23.9. The molecule has 0 bridgehead atoms. The van der Waals surface area contributed by atoms with Crippen molar-refractivity contribution >= 4 is 47.4 Å². The summed E-state index contributed by atoms with van der Waals surface area (Å²) in [5.74, 6) is 0.714. The van der Waals surface area contributed by atoms with Crippen LogP contribution in [0.2, 0.25) is 0 Å². The molecule has 0 saturated carbocycles. The average Bonchev–Trinajstić information content (AvgIpc) is 2.92. The molecule has 1 saturated heterocycles. The maximum Gasteiger partial charge on any atom is 0.410 e. The van der Waals surface area contributed by atoms with Crippen LogP contribution in [-0.4, -0.2) is 53.7 Å². The Morgan fingerprint density at radius 3 is 2.44 bits per heavy atom. The molecule has 1 aliphatic rings. The van der Waals surface area contributed by atoms with Crippen LogP contribution < -0.4 is 10.6 Å². The van der Waals surface area contributed by atoms with E-state index in [1.807, 2.05) is 20.8 Å². The van der Waals surface area contributed by atoms with E-state index in [-0.39, 0.29) is 41.5 Å². The van der Waals surface area contributed by atoms with Crippen LogP contribution in [0, 0.1) is 0 Å². The minimum absolute atomic E-state index is 0. The summed E-state index contributed by atoms with van der Waals surface area (Å²) in [6.07, 6.45) is -0.268. The van der Waals surface area contributed by atoms with Gasteiger partial charge in [-0.2, -0.15) is 0 Å². The Kier molecular flexibility index (Phi) is 8.33. The molecule has 0 aliphatic carbocycles. The summed E-state index contributed by atoms with van der Waals surface area (Å²) in [5, 5.41) is 9.75. The van der Waals surface area contributed by atoms with Gasteiger partial charge in [-0.15, -0.1) is 35.3 Å². The summed E-state index contributed by atoms with van der Waals surface area (Å²) in [4.78, 5) is 22.6. The Balaban J connectivity index is 0.00000364. The molecule has 0 spiro atoms. The molecule has 7 nitrogen and oxygen atoms in total. The molecular weight excluding hydrogens is 477 g/mol. The Labute approximate surface area is 183 Å². The van der Waals surface area contributed by atoms with Crippen LogP contribution in [-0.2, 0) is 16.7 Å². The smallest absolute Gasteiger partial charge is 0.410 e. The van der Waals surface area contributed by atoms with Gasteiger partial charge in [0.15, 0.2) is 5.96 Å². The van der Waals surface area contributed by atoms with Crippen molar-refractivity contribution < 1.29 is 9.53 Å². The summed E-state index contributed by atoms with van der Waals surface area (Å²) >= 11 is 1.65. The van der Waals surface area contributed by atoms with Crippen molar-refractivity contribution in [3.63, 3.8) is 0 Å². The van der Waals surface area contributed by atoms with Crippen molar-refractivity contribution in [2.45, 2.75) is 65.1 Å². The largest absolute Gasteiger partial charge is 0.444 e. The number of nitrogens with zero attached hydrogens (tertiary/aromatic N) is 3. The third-order valence-corrected chi connectivity index (χ3v) is 4.67. The fourth-order valence-electron chi connectivity index (χ4n) is 2.33. The maximum atomic E-state index is 12.0. The second-order valence-electron chi connectivity index (χ2n) is 8.53. The summed E-state index contributed by atoms with van der Waals surface area (Å²) in [5.41, 5.74) is 0.702. The highest BCUT2D eigenvalue weighted by molar-refractivity contribution is 14.0. The molecule has 1 amide bonds. The quantitative estimate of drug-likeness (QED) is 0.371. The van der Waals surface area contributed by atoms with E-state index in [0.29, 0.717) is 25.6 Å². The van der Waals surface area contributed by atoms with Gasteiger partial charge in [0.25, 0.3) is 0 Å². The van der Waals surface area contributed by atoms with Crippen molar-refractivity contribution in [2.75, 3.05) is 20.1 Å². The Morgan fingerprint density at radius 1 is 1.33 bits per heavy atom. The van der Waals surface area contributed by atoms with Gasteiger partial charge in [-0.25, -0.2) is 9.78 Å². The molecule has 1 fully saturated rings. The molecule has 1 aliphatic heterocycles. The number of aromatic nitrogens is 1. The highest BCUT2D eigenvalue weighted by atomic mass is 127. The molecule has 0 unspecified atom stereocenters. The average molecular weight is 509 g/mol. The molecule has 1 aromatic heterocycles. The normalized spacial score (nSPS) is 15.7. The number of nitrogens with one attached hydrogen (secondary N) is 2. The molecule has 0 radical (unpaired) electrons. The van der Waals surface area contributed by atoms with Gasteiger partial charge in [0, 0.05) is 30.9 Å². The number of guanidine groups is 1. The zero-order valence-electron chi connectivity index (χ0n) is 17.3. The van der Waals surface area contributed by atoms with Gasteiger partial charge in [-0.3, -0.25) is 4.99 Å². The van der Waals surface area contributed by atoms with E-state index < -0.39 is 5.60 Å². The highest BCUT2D eigenvalue weighted by Crippen LogP contribution is 2.23. The van der Waals surface area contributed by atoms with E-state index in [0.717, 1.165) is 10.7 Å². The van der Waals surface area contributed by atoms with Crippen LogP contribution in [0.1, 0.15) is 52.2 Å². The van der Waals surface area contributed by atoms with Gasteiger partial charge in [0.05, 0.1) is 18.3 Å². The van der Waals surface area contributed by atoms with Crippen molar-refractivity contribution in [2.24, 2.45) is 4.99 Å². The number of carbonyl (C=O) groups is 1. The van der Waals surface area contributed by atoms with Gasteiger partial charge >= 0.3 is 6.09 Å². The number of hydrogen-bond acceptors (Lipinski definition) is 5. The summed E-state index contributed by atoms with van der Waals surface area (Å²) in [7, 11) is 1.74. The molecule has 9 heteroatoms. The SMILES string of the molecule is CN=C(NCc1nc(C(C)(C)C)cs1)NC1CN(C(=O)OC(C)(C)C)C1.I. The van der Waals surface area contributed by atoms with Crippen LogP contribution in [0.15, 0.2) is 10.4 Å². The number of ether oxygens (including phenoxy) is 1. The number of rotatable bonds is 3. The zero-order valence-corrected chi connectivity index (χ0v) is 20.4. The number of carbonyl (C=O) groups excluding carboxylic acids is 1. The van der Waals surface area contributed by atoms with Crippen LogP contribution in [0.25, 0.3) is 0 Å². The van der Waals surface area contributed by atoms with Crippen molar-refractivity contribution in [3.05, 3.63) is 16.1 Å². The van der Waals surface area contributed by atoms with Crippen LogP contribution in [0.5, 0.6) is 0 Å². The first-order valence-electron chi connectivity index (χ1n) is 8.88. The maximum absolute atomic E-state index is 12.0. The van der Waals surface area contributed by atoms with Crippen molar-refractivity contribution in [3.8, 4) is 0 Å². The van der Waals surface area contributed by atoms with E-state index in [1.54, 1.807) is 23.3 Å². The Bertz CT molecular complexity index is 657. The predicted octanol–water partition coefficient (Wildman–Crippen LogP) is 3.34. The Hall–Kier alpha value is -1.10. The van der Waals surface area contributed by atoms with Gasteiger partial charge in [0.1, 0.15) is 10.6 Å². The number of halogens is 1. The first-order chi connectivity index (χ1) is 12.0. The third kappa shape index (κ3) is 7.44. The molecule has 0 aromatic carbocycles. The monoisotopic (exact) mass is 509 g/mol. The molecule has 154 valence electrons. The number of amides is 1. The topological polar surface area (TPSA) is 78.9 Å². The zero-order chi connectivity index (χ0) is 19.5. The predicted molar refractivity (Wildman–Crippen MR) is 121 cm³/mol. The lowest BCUT2D eigenvalue weighted by atomic mass is 9.93. The lowest BCUT2D eigenvalue weighted by molar-refractivity contribution is 0.00701. The standard InChI is InChI=1S/C18H31N5O2S.HI/c1-17(2,3)13-11-26-14(22-13)8-20-15(19-7)21-12-9-23(10-12)16(24)25-18(4,5)6;/h11-12H,8-10H2,1-7H3,(H2,19,20,21);1H. The Morgan fingerprint density at radius 2 is 1.96 bits per heavy atom. The van der Waals surface area contributed by atoms with Gasteiger partial charge in [0.2, 0.25) is 0 Å². The molecule has 2 heterocycles. The molecule has 0 atom stereocenters. The van der Waals surface area contributed by atoms with Crippen LogP contribution in [0.3, 0.4) is 0 Å². The second kappa shape index (κ2) is 9.40. The second-order valence-corrected chi connectivity index (χ2v) is 9.47. The van der Waals surface area contributed by atoms with Crippen LogP contribution in [0.4, 0.5) is 4.79 Å². The molecular formula is C18H32IN5O2S. The third-order valence-electron chi connectivity index (χ3n) is 3.82. The minimum Gasteiger partial charge on any atom is -0.444 e. The lowest BCUT2D eigenvalue weighted by Crippen LogP contribution is -2.63. The van der Waals surface area contributed by atoms with E-state index in [1.165, 1.54) is 0 Å². The van der Waals surface area contributed by atoms with Gasteiger partial charge in [-0.05, 0) is 20.8 Å². The summed E-state index contributed by atoms with van der Waals surface area (Å²) in [6.45, 7) is 13.9. The lowest BCUT2D eigenvalue weighted by Gasteiger charge is -2.40. The van der Waals surface area contributed by atoms with E-state index in [4.69, 9.17) is 4.74 Å². The number of likely N-dealkylation sites (tertiary alicyclic amines) is 1. The number of aliphatic imine (C=N–C) groups is 1. The van der Waals surface area contributed by atoms with E-state index in [2.05, 4.69) is 46.8 Å². The summed E-state index contributed by atoms with van der Waals surface area (Å²) in [6, 6.07) is 0.176. The number of thiazole rings is 1. The van der Waals surface area contributed by atoms with E-state index >= 15 is 0 Å². The van der Waals surface area contributed by atoms with Crippen molar-refractivity contribution in [1.29, 1.82) is 0 Å². The summed E-state index contributed by atoms with van der Waals surface area (Å²) < 4.78 is 5.36. The highest BCUT2D eigenvalue weighted by Gasteiger charge is 2.34. The molecule has 2 N–H and O–H groups in total. The van der Waals surface area contributed by atoms with E-state index in [9.17, 15) is 4.79 Å². The first-order valence-corrected chi connectivity index (χ1v) is 9.76. The van der Waals surface area contributed by atoms with Gasteiger partial charge < -0.3 is 20.3 Å². The molecule has 1 aromatic rings. The van der Waals surface area contributed by atoms with Crippen molar-refractivity contribution in [1.82, 2.24) is 20.5 Å². The molecule has 27 heavy (non-hydrogen) atoms. The fraction of sp³-hybridized carbons (Fsp3) is 0.722. The van der Waals surface area contributed by atoms with Crippen LogP contribution >= 0.6 is 35.3 Å². The fourth-order valence-corrected chi connectivity index (χ4v) is 3.29. The van der Waals surface area contributed by atoms with Gasteiger partial charge in [-0.1, -0.05) is 20.8 Å². The molecule has 2 rings (SSSR count). The minimum atomic E-state index is -0.465.